The molecule has 0 radical (unpaired) electrons. The molecule has 0 saturated carbocycles. The molecule has 0 amide bonds. The summed E-state index contributed by atoms with van der Waals surface area (Å²) in [5.74, 6) is 0. The van der Waals surface area contributed by atoms with Gasteiger partial charge in [-0.2, -0.15) is 0 Å². The predicted octanol–water partition coefficient (Wildman–Crippen LogP) is 5.64. The highest BCUT2D eigenvalue weighted by Crippen LogP contribution is 2.35. The van der Waals surface area contributed by atoms with Crippen LogP contribution in [0.25, 0.3) is 20.2 Å². The van der Waals surface area contributed by atoms with E-state index in [1.807, 2.05) is 18.2 Å². The SMILES string of the molecule is CCCCN(CCCC)CCNc1ccc([N+](=O)[O-])c2sc3ccccc3c(=O)c12. The molecule has 3 rings (SSSR count). The molecule has 0 aliphatic carbocycles. The van der Waals surface area contributed by atoms with Gasteiger partial charge in [-0.25, -0.2) is 0 Å². The van der Waals surface area contributed by atoms with Gasteiger partial charge in [0.2, 0.25) is 0 Å². The van der Waals surface area contributed by atoms with Crippen molar-refractivity contribution in [3.05, 3.63) is 56.7 Å². The van der Waals surface area contributed by atoms with E-state index >= 15 is 0 Å². The maximum atomic E-state index is 13.2. The molecule has 1 heterocycles. The summed E-state index contributed by atoms with van der Waals surface area (Å²) >= 11 is 1.30. The Morgan fingerprint density at radius 1 is 1.03 bits per heavy atom. The molecule has 30 heavy (non-hydrogen) atoms. The third-order valence-corrected chi connectivity index (χ3v) is 6.50. The van der Waals surface area contributed by atoms with Gasteiger partial charge in [0.15, 0.2) is 5.43 Å². The summed E-state index contributed by atoms with van der Waals surface area (Å²) < 4.78 is 1.20. The lowest BCUT2D eigenvalue weighted by atomic mass is 10.1. The zero-order chi connectivity index (χ0) is 21.5. The summed E-state index contributed by atoms with van der Waals surface area (Å²) in [6.07, 6.45) is 4.67. The van der Waals surface area contributed by atoms with E-state index in [-0.39, 0.29) is 11.1 Å². The van der Waals surface area contributed by atoms with Crippen molar-refractivity contribution in [1.29, 1.82) is 0 Å². The van der Waals surface area contributed by atoms with E-state index in [0.717, 1.165) is 37.2 Å². The molecule has 0 unspecified atom stereocenters. The third-order valence-electron chi connectivity index (χ3n) is 5.30. The van der Waals surface area contributed by atoms with Crippen molar-refractivity contribution in [2.45, 2.75) is 39.5 Å². The summed E-state index contributed by atoms with van der Waals surface area (Å²) in [5.41, 5.74) is 0.504. The number of nitro benzene ring substituents is 1. The van der Waals surface area contributed by atoms with Crippen molar-refractivity contribution in [2.75, 3.05) is 31.5 Å². The van der Waals surface area contributed by atoms with Gasteiger partial charge >= 0.3 is 0 Å². The van der Waals surface area contributed by atoms with Crippen molar-refractivity contribution in [1.82, 2.24) is 4.90 Å². The molecular weight excluding hydrogens is 398 g/mol. The highest BCUT2D eigenvalue weighted by molar-refractivity contribution is 7.25. The maximum absolute atomic E-state index is 13.2. The number of hydrogen-bond donors (Lipinski definition) is 1. The Labute approximate surface area is 180 Å². The Bertz CT molecular complexity index is 1070. The highest BCUT2D eigenvalue weighted by atomic mass is 32.1. The van der Waals surface area contributed by atoms with E-state index in [4.69, 9.17) is 0 Å². The Morgan fingerprint density at radius 3 is 2.40 bits per heavy atom. The Morgan fingerprint density at radius 2 is 1.73 bits per heavy atom. The predicted molar refractivity (Wildman–Crippen MR) is 127 cm³/mol. The Balaban J connectivity index is 1.92. The molecule has 3 aromatic rings. The van der Waals surface area contributed by atoms with Gasteiger partial charge in [0.1, 0.15) is 4.70 Å². The molecule has 7 heteroatoms. The number of nitrogens with zero attached hydrogens (tertiary/aromatic N) is 2. The van der Waals surface area contributed by atoms with Gasteiger partial charge in [-0.15, -0.1) is 11.3 Å². The molecule has 0 spiro atoms. The topological polar surface area (TPSA) is 75.5 Å². The number of rotatable bonds is 11. The molecule has 0 bridgehead atoms. The number of nitrogens with one attached hydrogen (secondary N) is 1. The summed E-state index contributed by atoms with van der Waals surface area (Å²) in [5, 5.41) is 16.0. The molecule has 160 valence electrons. The molecule has 1 N–H and O–H groups in total. The molecule has 1 aromatic heterocycles. The van der Waals surface area contributed by atoms with Gasteiger partial charge in [0.25, 0.3) is 5.69 Å². The first-order valence-electron chi connectivity index (χ1n) is 10.7. The maximum Gasteiger partial charge on any atom is 0.287 e. The van der Waals surface area contributed by atoms with Gasteiger partial charge in [-0.05, 0) is 44.1 Å². The van der Waals surface area contributed by atoms with Crippen molar-refractivity contribution in [2.24, 2.45) is 0 Å². The van der Waals surface area contributed by atoms with Gasteiger partial charge in [0, 0.05) is 34.9 Å². The lowest BCUT2D eigenvalue weighted by Gasteiger charge is -2.22. The number of non-ortho nitro benzene ring substituents is 1. The van der Waals surface area contributed by atoms with Crippen molar-refractivity contribution >= 4 is 42.9 Å². The monoisotopic (exact) mass is 427 g/mol. The largest absolute Gasteiger partial charge is 0.383 e. The lowest BCUT2D eigenvalue weighted by Crippen LogP contribution is -2.31. The summed E-state index contributed by atoms with van der Waals surface area (Å²) in [6, 6.07) is 10.5. The lowest BCUT2D eigenvalue weighted by molar-refractivity contribution is -0.382. The smallest absolute Gasteiger partial charge is 0.287 e. The van der Waals surface area contributed by atoms with Crippen LogP contribution in [0, 0.1) is 10.1 Å². The zero-order valence-corrected chi connectivity index (χ0v) is 18.5. The average Bonchev–Trinajstić information content (AvgIpc) is 2.75. The first-order valence-corrected chi connectivity index (χ1v) is 11.5. The van der Waals surface area contributed by atoms with Crippen LogP contribution in [0.5, 0.6) is 0 Å². The fourth-order valence-corrected chi connectivity index (χ4v) is 4.82. The number of benzene rings is 2. The van der Waals surface area contributed by atoms with E-state index in [0.29, 0.717) is 27.7 Å². The minimum Gasteiger partial charge on any atom is -0.383 e. The minimum atomic E-state index is -0.409. The van der Waals surface area contributed by atoms with Crippen LogP contribution in [0.2, 0.25) is 0 Å². The fraction of sp³-hybridized carbons (Fsp3) is 0.435. The van der Waals surface area contributed by atoms with Crippen LogP contribution in [0.1, 0.15) is 39.5 Å². The first-order chi connectivity index (χ1) is 14.6. The summed E-state index contributed by atoms with van der Waals surface area (Å²) in [4.78, 5) is 26.8. The van der Waals surface area contributed by atoms with Crippen LogP contribution in [-0.2, 0) is 0 Å². The number of hydrogen-bond acceptors (Lipinski definition) is 6. The second-order valence-electron chi connectivity index (χ2n) is 7.50. The van der Waals surface area contributed by atoms with Crippen LogP contribution in [0.3, 0.4) is 0 Å². The van der Waals surface area contributed by atoms with E-state index in [2.05, 4.69) is 24.1 Å². The molecular formula is C23H29N3O3S. The zero-order valence-electron chi connectivity index (χ0n) is 17.6. The molecule has 0 aliphatic heterocycles. The average molecular weight is 428 g/mol. The van der Waals surface area contributed by atoms with E-state index in [9.17, 15) is 14.9 Å². The normalized spacial score (nSPS) is 11.4. The highest BCUT2D eigenvalue weighted by Gasteiger charge is 2.19. The van der Waals surface area contributed by atoms with Crippen LogP contribution in [0.15, 0.2) is 41.2 Å². The minimum absolute atomic E-state index is 0.0177. The quantitative estimate of drug-likeness (QED) is 0.244. The Hall–Kier alpha value is -2.51. The molecule has 0 fully saturated rings. The van der Waals surface area contributed by atoms with Gasteiger partial charge in [-0.1, -0.05) is 38.8 Å². The van der Waals surface area contributed by atoms with Crippen molar-refractivity contribution in [3.63, 3.8) is 0 Å². The third kappa shape index (κ3) is 4.96. The van der Waals surface area contributed by atoms with Crippen molar-refractivity contribution in [3.8, 4) is 0 Å². The van der Waals surface area contributed by atoms with Gasteiger partial charge in [-0.3, -0.25) is 14.9 Å². The van der Waals surface area contributed by atoms with Gasteiger partial charge in [0.05, 0.1) is 10.3 Å². The van der Waals surface area contributed by atoms with E-state index < -0.39 is 4.92 Å². The van der Waals surface area contributed by atoms with Crippen molar-refractivity contribution < 1.29 is 4.92 Å². The second kappa shape index (κ2) is 10.5. The number of anilines is 1. The van der Waals surface area contributed by atoms with Gasteiger partial charge < -0.3 is 10.2 Å². The fourth-order valence-electron chi connectivity index (χ4n) is 3.63. The molecule has 0 atom stereocenters. The molecule has 0 aliphatic rings. The van der Waals surface area contributed by atoms with Crippen LogP contribution >= 0.6 is 11.3 Å². The van der Waals surface area contributed by atoms with Crippen LogP contribution in [-0.4, -0.2) is 36.0 Å². The molecule has 6 nitrogen and oxygen atoms in total. The number of unbranched alkanes of at least 4 members (excludes halogenated alkanes) is 2. The number of nitro groups is 1. The first kappa shape index (κ1) is 22.2. The molecule has 0 saturated heterocycles. The molecule has 2 aromatic carbocycles. The standard InChI is InChI=1S/C23H29N3O3S/c1-3-5-14-25(15-6-4-2)16-13-24-18-11-12-19(26(28)29)23-21(18)22(27)17-9-7-8-10-20(17)30-23/h7-12,24H,3-6,13-16H2,1-2H3. The van der Waals surface area contributed by atoms with Crippen LogP contribution in [0.4, 0.5) is 11.4 Å². The number of fused-ring (bicyclic) bond motifs is 2. The summed E-state index contributed by atoms with van der Waals surface area (Å²) in [7, 11) is 0. The Kier molecular flexibility index (Phi) is 7.76. The van der Waals surface area contributed by atoms with E-state index in [1.165, 1.54) is 30.2 Å². The summed E-state index contributed by atoms with van der Waals surface area (Å²) in [6.45, 7) is 8.10. The van der Waals surface area contributed by atoms with Crippen LogP contribution < -0.4 is 10.7 Å². The second-order valence-corrected chi connectivity index (χ2v) is 8.55. The van der Waals surface area contributed by atoms with E-state index in [1.54, 1.807) is 12.1 Å².